The van der Waals surface area contributed by atoms with E-state index >= 15 is 0 Å². The number of anilines is 1. The monoisotopic (exact) mass is 472 g/mol. The molecule has 0 bridgehead atoms. The Balaban J connectivity index is 1.62. The van der Waals surface area contributed by atoms with Gasteiger partial charge in [0.2, 0.25) is 0 Å². The first-order valence-corrected chi connectivity index (χ1v) is 12.1. The van der Waals surface area contributed by atoms with E-state index < -0.39 is 5.66 Å². The van der Waals surface area contributed by atoms with Crippen LogP contribution < -0.4 is 20.3 Å². The van der Waals surface area contributed by atoms with E-state index in [1.165, 1.54) is 22.3 Å². The molecule has 2 N–H and O–H groups in total. The van der Waals surface area contributed by atoms with E-state index in [0.717, 1.165) is 23.4 Å². The number of nitrogens with one attached hydrogen (secondary N) is 2. The summed E-state index contributed by atoms with van der Waals surface area (Å²) in [5, 5.41) is 6.87. The van der Waals surface area contributed by atoms with Crippen molar-refractivity contribution in [1.82, 2.24) is 15.5 Å². The Hall–Kier alpha value is -3.51. The summed E-state index contributed by atoms with van der Waals surface area (Å²) in [7, 11) is 5.75. The number of benzene rings is 3. The maximum absolute atomic E-state index is 13.1. The lowest BCUT2D eigenvalue weighted by molar-refractivity contribution is 0.124. The highest BCUT2D eigenvalue weighted by Gasteiger charge is 2.46. The maximum atomic E-state index is 13.1. The van der Waals surface area contributed by atoms with Gasteiger partial charge < -0.3 is 19.9 Å². The third-order valence-corrected chi connectivity index (χ3v) is 7.01. The quantitative estimate of drug-likeness (QED) is 0.478. The molecule has 0 spiro atoms. The van der Waals surface area contributed by atoms with Crippen LogP contribution in [0.25, 0.3) is 0 Å². The summed E-state index contributed by atoms with van der Waals surface area (Å²) in [6, 6.07) is 23.0. The number of aryl methyl sites for hydroxylation is 2. The van der Waals surface area contributed by atoms with Crippen LogP contribution in [0.4, 0.5) is 10.5 Å². The van der Waals surface area contributed by atoms with E-state index in [9.17, 15) is 4.79 Å². The highest BCUT2D eigenvalue weighted by molar-refractivity contribution is 5.78. The first-order valence-electron chi connectivity index (χ1n) is 12.1. The molecule has 0 radical (unpaired) electrons. The Labute approximate surface area is 208 Å². The van der Waals surface area contributed by atoms with Gasteiger partial charge in [-0.3, -0.25) is 5.32 Å². The van der Waals surface area contributed by atoms with Crippen LogP contribution in [-0.4, -0.2) is 45.2 Å². The number of carbonyl (C=O) groups excluding carboxylic acids is 1. The molecule has 1 unspecified atom stereocenters. The van der Waals surface area contributed by atoms with Crippen molar-refractivity contribution in [1.29, 1.82) is 0 Å². The second-order valence-corrected chi connectivity index (χ2v) is 9.48. The van der Waals surface area contributed by atoms with Crippen LogP contribution in [0.15, 0.2) is 66.7 Å². The topological polar surface area (TPSA) is 56.8 Å². The van der Waals surface area contributed by atoms with Crippen molar-refractivity contribution in [2.24, 2.45) is 0 Å². The molecule has 1 aliphatic rings. The van der Waals surface area contributed by atoms with Gasteiger partial charge in [0.15, 0.2) is 0 Å². The third-order valence-electron chi connectivity index (χ3n) is 7.01. The smallest absolute Gasteiger partial charge is 0.319 e. The molecule has 6 nitrogen and oxygen atoms in total. The lowest BCUT2D eigenvalue weighted by atomic mass is 9.94. The van der Waals surface area contributed by atoms with Crippen molar-refractivity contribution in [3.8, 4) is 5.75 Å². The summed E-state index contributed by atoms with van der Waals surface area (Å²) in [4.78, 5) is 17.2. The maximum Gasteiger partial charge on any atom is 0.319 e. The van der Waals surface area contributed by atoms with Gasteiger partial charge in [-0.2, -0.15) is 0 Å². The standard InChI is InChI=1S/C29H36N4O2/c1-21-6-11-25(18-22(21)2)29(31-19-24-7-12-26(13-8-24)32(3)4)20-30-28(34)33(29)17-16-23-9-14-27(35-5)15-10-23/h6-15,18,31H,16-17,19-20H2,1-5H3,(H,30,34). The SMILES string of the molecule is COc1ccc(CCN2C(=O)NCC2(NCc2ccc(N(C)C)cc2)c2ccc(C)c(C)c2)cc1. The Morgan fingerprint density at radius 3 is 2.29 bits per heavy atom. The molecule has 1 fully saturated rings. The number of methoxy groups -OCH3 is 1. The van der Waals surface area contributed by atoms with Gasteiger partial charge in [0.25, 0.3) is 0 Å². The fourth-order valence-corrected chi connectivity index (χ4v) is 4.57. The third kappa shape index (κ3) is 5.28. The number of amides is 2. The molecule has 1 saturated heterocycles. The zero-order chi connectivity index (χ0) is 25.0. The molecule has 0 saturated carbocycles. The van der Waals surface area contributed by atoms with E-state index in [0.29, 0.717) is 19.6 Å². The van der Waals surface area contributed by atoms with Crippen molar-refractivity contribution >= 4 is 11.7 Å². The molecular weight excluding hydrogens is 436 g/mol. The van der Waals surface area contributed by atoms with Crippen molar-refractivity contribution in [3.05, 3.63) is 94.5 Å². The highest BCUT2D eigenvalue weighted by atomic mass is 16.5. The van der Waals surface area contributed by atoms with Crippen molar-refractivity contribution < 1.29 is 9.53 Å². The molecule has 0 aromatic heterocycles. The Morgan fingerprint density at radius 1 is 0.971 bits per heavy atom. The average molecular weight is 473 g/mol. The zero-order valence-corrected chi connectivity index (χ0v) is 21.4. The Kier molecular flexibility index (Phi) is 7.31. The molecular formula is C29H36N4O2. The van der Waals surface area contributed by atoms with Gasteiger partial charge >= 0.3 is 6.03 Å². The molecule has 3 aromatic carbocycles. The van der Waals surface area contributed by atoms with E-state index in [-0.39, 0.29) is 6.03 Å². The molecule has 1 atom stereocenters. The number of carbonyl (C=O) groups is 1. The van der Waals surface area contributed by atoms with Gasteiger partial charge in [0, 0.05) is 32.9 Å². The first kappa shape index (κ1) is 24.6. The molecule has 4 rings (SSSR count). The second-order valence-electron chi connectivity index (χ2n) is 9.48. The summed E-state index contributed by atoms with van der Waals surface area (Å²) in [6.45, 7) is 5.99. The fraction of sp³-hybridized carbons (Fsp3) is 0.345. The molecule has 0 aliphatic carbocycles. The highest BCUT2D eigenvalue weighted by Crippen LogP contribution is 2.32. The van der Waals surface area contributed by atoms with Crippen molar-refractivity contribution in [2.45, 2.75) is 32.5 Å². The van der Waals surface area contributed by atoms with Crippen LogP contribution in [0.1, 0.15) is 27.8 Å². The molecule has 184 valence electrons. The first-order chi connectivity index (χ1) is 16.8. The van der Waals surface area contributed by atoms with Crippen LogP contribution in [0.3, 0.4) is 0 Å². The van der Waals surface area contributed by atoms with E-state index in [1.807, 2.05) is 31.1 Å². The van der Waals surface area contributed by atoms with Crippen LogP contribution in [0, 0.1) is 13.8 Å². The van der Waals surface area contributed by atoms with Gasteiger partial charge in [-0.1, -0.05) is 42.5 Å². The van der Waals surface area contributed by atoms with Crippen molar-refractivity contribution in [3.63, 3.8) is 0 Å². The number of hydrogen-bond donors (Lipinski definition) is 2. The molecule has 6 heteroatoms. The molecule has 35 heavy (non-hydrogen) atoms. The largest absolute Gasteiger partial charge is 0.497 e. The molecule has 1 aliphatic heterocycles. The summed E-state index contributed by atoms with van der Waals surface area (Å²) < 4.78 is 5.28. The van der Waals surface area contributed by atoms with Crippen molar-refractivity contribution in [2.75, 3.05) is 39.2 Å². The molecule has 3 aromatic rings. The fourth-order valence-electron chi connectivity index (χ4n) is 4.57. The van der Waals surface area contributed by atoms with Crippen LogP contribution in [0.5, 0.6) is 5.75 Å². The van der Waals surface area contributed by atoms with Gasteiger partial charge in [-0.05, 0) is 72.4 Å². The summed E-state index contributed by atoms with van der Waals surface area (Å²) in [6.07, 6.45) is 0.753. The lowest BCUT2D eigenvalue weighted by Crippen LogP contribution is -2.55. The Morgan fingerprint density at radius 2 is 1.66 bits per heavy atom. The number of urea groups is 1. The number of nitrogens with zero attached hydrogens (tertiary/aromatic N) is 2. The van der Waals surface area contributed by atoms with Gasteiger partial charge in [0.05, 0.1) is 13.7 Å². The lowest BCUT2D eigenvalue weighted by Gasteiger charge is -2.39. The predicted molar refractivity (Wildman–Crippen MR) is 142 cm³/mol. The molecule has 1 heterocycles. The minimum absolute atomic E-state index is 0.0489. The van der Waals surface area contributed by atoms with E-state index in [4.69, 9.17) is 4.74 Å². The minimum Gasteiger partial charge on any atom is -0.497 e. The van der Waals surface area contributed by atoms with Gasteiger partial charge in [0.1, 0.15) is 11.4 Å². The Bertz CT molecular complexity index is 1160. The van der Waals surface area contributed by atoms with Gasteiger partial charge in [-0.25, -0.2) is 4.79 Å². The minimum atomic E-state index is -0.637. The average Bonchev–Trinajstić information content (AvgIpc) is 3.19. The summed E-state index contributed by atoms with van der Waals surface area (Å²) in [5.74, 6) is 0.832. The predicted octanol–water partition coefficient (Wildman–Crippen LogP) is 4.59. The van der Waals surface area contributed by atoms with Crippen LogP contribution in [-0.2, 0) is 18.6 Å². The summed E-state index contributed by atoms with van der Waals surface area (Å²) >= 11 is 0. The zero-order valence-electron chi connectivity index (χ0n) is 21.4. The van der Waals surface area contributed by atoms with Gasteiger partial charge in [-0.15, -0.1) is 0 Å². The summed E-state index contributed by atoms with van der Waals surface area (Å²) in [5.41, 5.74) is 6.42. The van der Waals surface area contributed by atoms with Crippen LogP contribution in [0.2, 0.25) is 0 Å². The normalized spacial score (nSPS) is 17.4. The molecule has 2 amide bonds. The second kappa shape index (κ2) is 10.4. The van der Waals surface area contributed by atoms with E-state index in [2.05, 4.69) is 84.0 Å². The number of ether oxygens (including phenoxy) is 1. The van der Waals surface area contributed by atoms with Crippen LogP contribution >= 0.6 is 0 Å². The van der Waals surface area contributed by atoms with E-state index in [1.54, 1.807) is 7.11 Å². The number of rotatable bonds is 9. The number of hydrogen-bond acceptors (Lipinski definition) is 4.